The molecule has 1 fully saturated rings. The van der Waals surface area contributed by atoms with Crippen LogP contribution in [0.25, 0.3) is 11.4 Å². The fourth-order valence-electron chi connectivity index (χ4n) is 3.48. The summed E-state index contributed by atoms with van der Waals surface area (Å²) in [5.74, 6) is 1.23. The molecule has 2 aromatic rings. The molecule has 1 heterocycles. The fourth-order valence-corrected chi connectivity index (χ4v) is 3.48. The van der Waals surface area contributed by atoms with Gasteiger partial charge in [-0.3, -0.25) is 14.7 Å². The maximum absolute atomic E-state index is 12.3. The van der Waals surface area contributed by atoms with Gasteiger partial charge in [0.1, 0.15) is 5.82 Å². The summed E-state index contributed by atoms with van der Waals surface area (Å²) in [6, 6.07) is 7.09. The Kier molecular flexibility index (Phi) is 6.76. The molecule has 0 saturated heterocycles. The topological polar surface area (TPSA) is 126 Å². The molecule has 1 aromatic carbocycles. The second kappa shape index (κ2) is 9.45. The third kappa shape index (κ3) is 5.39. The Balaban J connectivity index is 1.48. The number of nitrogens with two attached hydrogens (primary N) is 1. The first-order valence-electron chi connectivity index (χ1n) is 9.87. The van der Waals surface area contributed by atoms with Crippen molar-refractivity contribution in [3.63, 3.8) is 0 Å². The number of nitrogens with zero attached hydrogens (tertiary/aromatic N) is 2. The molecule has 8 heteroatoms. The van der Waals surface area contributed by atoms with E-state index in [4.69, 9.17) is 5.73 Å². The number of carbonyl (C=O) groups excluding carboxylic acids is 2. The van der Waals surface area contributed by atoms with Crippen LogP contribution in [0.15, 0.2) is 24.3 Å². The van der Waals surface area contributed by atoms with Crippen LogP contribution in [0.2, 0.25) is 0 Å². The van der Waals surface area contributed by atoms with E-state index in [9.17, 15) is 9.59 Å². The average molecular weight is 384 g/mol. The maximum atomic E-state index is 12.3. The SMILES string of the molecule is CC(CC(=O)Nc1ccc(-c2n[nH]c(CN)n2)cc1)NC(=O)C1CCCCC1. The highest BCUT2D eigenvalue weighted by atomic mass is 16.2. The summed E-state index contributed by atoms with van der Waals surface area (Å²) in [4.78, 5) is 28.8. The van der Waals surface area contributed by atoms with Gasteiger partial charge in [0.15, 0.2) is 5.82 Å². The molecule has 8 nitrogen and oxygen atoms in total. The summed E-state index contributed by atoms with van der Waals surface area (Å²) >= 11 is 0. The van der Waals surface area contributed by atoms with Gasteiger partial charge >= 0.3 is 0 Å². The van der Waals surface area contributed by atoms with Crippen LogP contribution in [0.5, 0.6) is 0 Å². The molecule has 1 aliphatic carbocycles. The molecule has 150 valence electrons. The molecule has 1 aromatic heterocycles. The lowest BCUT2D eigenvalue weighted by molar-refractivity contribution is -0.126. The van der Waals surface area contributed by atoms with Crippen molar-refractivity contribution < 1.29 is 9.59 Å². The first kappa shape index (κ1) is 20.0. The van der Waals surface area contributed by atoms with Crippen molar-refractivity contribution in [1.82, 2.24) is 20.5 Å². The van der Waals surface area contributed by atoms with Gasteiger partial charge in [-0.05, 0) is 44.0 Å². The van der Waals surface area contributed by atoms with Gasteiger partial charge in [-0.25, -0.2) is 4.98 Å². The summed E-state index contributed by atoms with van der Waals surface area (Å²) in [5.41, 5.74) is 7.05. The molecule has 1 atom stereocenters. The first-order valence-corrected chi connectivity index (χ1v) is 9.87. The molecule has 0 radical (unpaired) electrons. The van der Waals surface area contributed by atoms with Crippen molar-refractivity contribution >= 4 is 17.5 Å². The molecular formula is C20H28N6O2. The largest absolute Gasteiger partial charge is 0.353 e. The lowest BCUT2D eigenvalue weighted by Gasteiger charge is -2.23. The molecule has 3 rings (SSSR count). The highest BCUT2D eigenvalue weighted by Crippen LogP contribution is 2.24. The highest BCUT2D eigenvalue weighted by molar-refractivity contribution is 5.91. The number of nitrogens with one attached hydrogen (secondary N) is 3. The molecule has 5 N–H and O–H groups in total. The van der Waals surface area contributed by atoms with E-state index in [1.807, 2.05) is 19.1 Å². The Morgan fingerprint density at radius 1 is 1.21 bits per heavy atom. The van der Waals surface area contributed by atoms with E-state index < -0.39 is 0 Å². The third-order valence-corrected chi connectivity index (χ3v) is 5.01. The minimum atomic E-state index is -0.198. The van der Waals surface area contributed by atoms with Gasteiger partial charge in [0.05, 0.1) is 6.54 Å². The number of H-pyrrole nitrogens is 1. The van der Waals surface area contributed by atoms with Crippen molar-refractivity contribution in [2.24, 2.45) is 11.7 Å². The van der Waals surface area contributed by atoms with Gasteiger partial charge in [-0.1, -0.05) is 19.3 Å². The number of hydrogen-bond acceptors (Lipinski definition) is 5. The second-order valence-electron chi connectivity index (χ2n) is 7.38. The quantitative estimate of drug-likeness (QED) is 0.583. The average Bonchev–Trinajstić information content (AvgIpc) is 3.18. The number of carbonyl (C=O) groups is 2. The first-order chi connectivity index (χ1) is 13.5. The normalized spacial score (nSPS) is 15.8. The van der Waals surface area contributed by atoms with Crippen LogP contribution in [0.3, 0.4) is 0 Å². The van der Waals surface area contributed by atoms with Crippen molar-refractivity contribution in [3.05, 3.63) is 30.1 Å². The van der Waals surface area contributed by atoms with Crippen LogP contribution in [0.1, 0.15) is 51.3 Å². The Bertz CT molecular complexity index is 795. The summed E-state index contributed by atoms with van der Waals surface area (Å²) in [5, 5.41) is 12.7. The number of anilines is 1. The maximum Gasteiger partial charge on any atom is 0.226 e. The standard InChI is InChI=1S/C20H28N6O2/c1-13(22-20(28)15-5-3-2-4-6-15)11-18(27)23-16-9-7-14(8-10-16)19-24-17(12-21)25-26-19/h7-10,13,15H,2-6,11-12,21H2,1H3,(H,22,28)(H,23,27)(H,24,25,26). The molecule has 1 saturated carbocycles. The van der Waals surface area contributed by atoms with E-state index in [0.717, 1.165) is 31.2 Å². The van der Waals surface area contributed by atoms with Gasteiger partial charge < -0.3 is 16.4 Å². The van der Waals surface area contributed by atoms with E-state index in [0.29, 0.717) is 23.9 Å². The number of benzene rings is 1. The minimum absolute atomic E-state index is 0.0766. The highest BCUT2D eigenvalue weighted by Gasteiger charge is 2.22. The molecule has 0 aliphatic heterocycles. The van der Waals surface area contributed by atoms with Crippen LogP contribution >= 0.6 is 0 Å². The number of hydrogen-bond donors (Lipinski definition) is 4. The molecule has 28 heavy (non-hydrogen) atoms. The lowest BCUT2D eigenvalue weighted by Crippen LogP contribution is -2.39. The summed E-state index contributed by atoms with van der Waals surface area (Å²) in [6.45, 7) is 2.16. The van der Waals surface area contributed by atoms with Crippen LogP contribution < -0.4 is 16.4 Å². The molecule has 0 bridgehead atoms. The fraction of sp³-hybridized carbons (Fsp3) is 0.500. The van der Waals surface area contributed by atoms with Crippen molar-refractivity contribution in [2.75, 3.05) is 5.32 Å². The minimum Gasteiger partial charge on any atom is -0.353 e. The summed E-state index contributed by atoms with van der Waals surface area (Å²) in [6.07, 6.45) is 5.59. The zero-order chi connectivity index (χ0) is 19.9. The van der Waals surface area contributed by atoms with Crippen molar-refractivity contribution in [3.8, 4) is 11.4 Å². The third-order valence-electron chi connectivity index (χ3n) is 5.01. The van der Waals surface area contributed by atoms with E-state index in [2.05, 4.69) is 25.8 Å². The molecule has 1 aliphatic rings. The Morgan fingerprint density at radius 3 is 2.57 bits per heavy atom. The number of amides is 2. The molecule has 1 unspecified atom stereocenters. The van der Waals surface area contributed by atoms with Crippen molar-refractivity contribution in [2.45, 2.75) is 58.0 Å². The van der Waals surface area contributed by atoms with Crippen molar-refractivity contribution in [1.29, 1.82) is 0 Å². The lowest BCUT2D eigenvalue weighted by atomic mass is 9.88. The van der Waals surface area contributed by atoms with E-state index in [-0.39, 0.29) is 30.2 Å². The van der Waals surface area contributed by atoms with Crippen LogP contribution in [0, 0.1) is 5.92 Å². The van der Waals surface area contributed by atoms with E-state index in [1.165, 1.54) is 6.42 Å². The summed E-state index contributed by atoms with van der Waals surface area (Å²) < 4.78 is 0. The Hall–Kier alpha value is -2.74. The van der Waals surface area contributed by atoms with Gasteiger partial charge in [-0.2, -0.15) is 5.10 Å². The van der Waals surface area contributed by atoms with Gasteiger partial charge in [0, 0.05) is 29.6 Å². The Labute approximate surface area is 164 Å². The van der Waals surface area contributed by atoms with Crippen LogP contribution in [-0.2, 0) is 16.1 Å². The van der Waals surface area contributed by atoms with E-state index >= 15 is 0 Å². The zero-order valence-corrected chi connectivity index (χ0v) is 16.2. The number of aromatic nitrogens is 3. The Morgan fingerprint density at radius 2 is 1.93 bits per heavy atom. The van der Waals surface area contributed by atoms with E-state index in [1.54, 1.807) is 12.1 Å². The smallest absolute Gasteiger partial charge is 0.226 e. The zero-order valence-electron chi connectivity index (χ0n) is 16.2. The predicted octanol–water partition coefficient (Wildman–Crippen LogP) is 2.34. The van der Waals surface area contributed by atoms with Crippen LogP contribution in [0.4, 0.5) is 5.69 Å². The molecule has 0 spiro atoms. The van der Waals surface area contributed by atoms with Gasteiger partial charge in [-0.15, -0.1) is 0 Å². The number of rotatable bonds is 7. The predicted molar refractivity (Wildman–Crippen MR) is 107 cm³/mol. The van der Waals surface area contributed by atoms with Gasteiger partial charge in [0.25, 0.3) is 0 Å². The monoisotopic (exact) mass is 384 g/mol. The second-order valence-corrected chi connectivity index (χ2v) is 7.38. The molecule has 2 amide bonds. The van der Waals surface area contributed by atoms with Crippen LogP contribution in [-0.4, -0.2) is 33.0 Å². The van der Waals surface area contributed by atoms with Gasteiger partial charge in [0.2, 0.25) is 11.8 Å². The number of aromatic amines is 1. The molecular weight excluding hydrogens is 356 g/mol. The summed E-state index contributed by atoms with van der Waals surface area (Å²) in [7, 11) is 0.